The van der Waals surface area contributed by atoms with Crippen LogP contribution in [0.2, 0.25) is 0 Å². The molecule has 0 unspecified atom stereocenters. The predicted octanol–water partition coefficient (Wildman–Crippen LogP) is 2.78. The summed E-state index contributed by atoms with van der Waals surface area (Å²) in [5.74, 6) is -2.81. The number of benzene rings is 1. The number of carbonyl (C=O) groups excluding carboxylic acids is 1. The van der Waals surface area contributed by atoms with Crippen LogP contribution < -0.4 is 0 Å². The molecule has 3 aromatic rings. The summed E-state index contributed by atoms with van der Waals surface area (Å²) in [6.07, 6.45) is 3.41. The number of nitrogens with one attached hydrogen (secondary N) is 1. The average Bonchev–Trinajstić information content (AvgIpc) is 2.93. The van der Waals surface area contributed by atoms with Crippen molar-refractivity contribution in [3.8, 4) is 0 Å². The second-order valence-electron chi connectivity index (χ2n) is 5.42. The number of aromatic nitrogens is 2. The van der Waals surface area contributed by atoms with Gasteiger partial charge in [-0.15, -0.1) is 0 Å². The number of H-pyrrole nitrogens is 1. The highest BCUT2D eigenvalue weighted by Gasteiger charge is 2.24. The zero-order valence-corrected chi connectivity index (χ0v) is 13.5. The second-order valence-corrected chi connectivity index (χ2v) is 7.44. The van der Waals surface area contributed by atoms with Crippen molar-refractivity contribution >= 4 is 26.7 Å². The largest absolute Gasteiger partial charge is 0.345 e. The van der Waals surface area contributed by atoms with Crippen LogP contribution in [-0.4, -0.2) is 30.4 Å². The van der Waals surface area contributed by atoms with E-state index in [-0.39, 0.29) is 27.1 Å². The Labute approximate surface area is 136 Å². The summed E-state index contributed by atoms with van der Waals surface area (Å²) >= 11 is 0. The number of hydrogen-bond acceptors (Lipinski definition) is 4. The fraction of sp³-hybridized carbons (Fsp3) is 0.125. The molecule has 24 heavy (non-hydrogen) atoms. The average molecular weight is 350 g/mol. The number of aryl methyl sites for hydroxylation is 1. The van der Waals surface area contributed by atoms with Crippen molar-refractivity contribution in [2.45, 2.75) is 11.8 Å². The van der Waals surface area contributed by atoms with Gasteiger partial charge < -0.3 is 4.98 Å². The topological polar surface area (TPSA) is 79.9 Å². The van der Waals surface area contributed by atoms with Crippen molar-refractivity contribution in [3.05, 3.63) is 58.9 Å². The molecular formula is C16H12F2N2O3S. The summed E-state index contributed by atoms with van der Waals surface area (Å²) in [4.78, 5) is 19.1. The highest BCUT2D eigenvalue weighted by atomic mass is 32.2. The quantitative estimate of drug-likeness (QED) is 0.737. The van der Waals surface area contributed by atoms with E-state index in [9.17, 15) is 22.0 Å². The first-order valence-electron chi connectivity index (χ1n) is 6.86. The molecule has 0 saturated carbocycles. The number of halogens is 2. The van der Waals surface area contributed by atoms with Gasteiger partial charge in [0.25, 0.3) is 0 Å². The summed E-state index contributed by atoms with van der Waals surface area (Å²) in [5.41, 5.74) is -0.346. The van der Waals surface area contributed by atoms with Gasteiger partial charge in [-0.05, 0) is 24.6 Å². The Morgan fingerprint density at radius 2 is 1.96 bits per heavy atom. The van der Waals surface area contributed by atoms with E-state index < -0.39 is 32.8 Å². The van der Waals surface area contributed by atoms with Gasteiger partial charge in [-0.3, -0.25) is 4.79 Å². The molecule has 0 amide bonds. The molecule has 124 valence electrons. The summed E-state index contributed by atoms with van der Waals surface area (Å²) in [6.45, 7) is 1.42. The van der Waals surface area contributed by atoms with Crippen molar-refractivity contribution < 1.29 is 22.0 Å². The maximum absolute atomic E-state index is 14.2. The van der Waals surface area contributed by atoms with Gasteiger partial charge in [0, 0.05) is 29.6 Å². The molecule has 0 aliphatic rings. The van der Waals surface area contributed by atoms with Gasteiger partial charge in [0.15, 0.2) is 9.84 Å². The summed E-state index contributed by atoms with van der Waals surface area (Å²) in [5, 5.41) is 0.184. The standard InChI is InChI=1S/C16H12F2N2O3S/c1-8-3-4-12(17)13(14(8)18)15(21)11-7-20-16-10(11)5-9(6-19-16)24(2,22)23/h3-7H,1-2H3,(H,19,20). The predicted molar refractivity (Wildman–Crippen MR) is 83.7 cm³/mol. The number of carbonyl (C=O) groups is 1. The van der Waals surface area contributed by atoms with Crippen LogP contribution in [0.15, 0.2) is 35.5 Å². The number of pyridine rings is 1. The van der Waals surface area contributed by atoms with E-state index in [1.807, 2.05) is 0 Å². The summed E-state index contributed by atoms with van der Waals surface area (Å²) in [6, 6.07) is 3.51. The van der Waals surface area contributed by atoms with Gasteiger partial charge in [-0.25, -0.2) is 22.2 Å². The Kier molecular flexibility index (Phi) is 3.71. The van der Waals surface area contributed by atoms with Crippen LogP contribution in [0.4, 0.5) is 8.78 Å². The van der Waals surface area contributed by atoms with Gasteiger partial charge in [-0.2, -0.15) is 0 Å². The smallest absolute Gasteiger partial charge is 0.201 e. The number of hydrogen-bond donors (Lipinski definition) is 1. The molecule has 5 nitrogen and oxygen atoms in total. The highest BCUT2D eigenvalue weighted by molar-refractivity contribution is 7.90. The van der Waals surface area contributed by atoms with Crippen LogP contribution >= 0.6 is 0 Å². The lowest BCUT2D eigenvalue weighted by molar-refractivity contribution is 0.103. The Bertz CT molecular complexity index is 1090. The zero-order chi connectivity index (χ0) is 17.6. The van der Waals surface area contributed by atoms with E-state index in [2.05, 4.69) is 9.97 Å². The van der Waals surface area contributed by atoms with Gasteiger partial charge in [-0.1, -0.05) is 6.07 Å². The molecule has 8 heteroatoms. The maximum atomic E-state index is 14.2. The van der Waals surface area contributed by atoms with E-state index in [4.69, 9.17) is 0 Å². The lowest BCUT2D eigenvalue weighted by Gasteiger charge is -2.06. The number of sulfone groups is 1. The molecule has 1 aromatic carbocycles. The fourth-order valence-electron chi connectivity index (χ4n) is 2.37. The van der Waals surface area contributed by atoms with Crippen molar-refractivity contribution in [3.63, 3.8) is 0 Å². The molecule has 2 heterocycles. The zero-order valence-electron chi connectivity index (χ0n) is 12.7. The SMILES string of the molecule is Cc1ccc(F)c(C(=O)c2c[nH]c3ncc(S(C)(=O)=O)cc23)c1F. The molecule has 2 aromatic heterocycles. The number of aromatic amines is 1. The minimum absolute atomic E-state index is 0.0496. The number of rotatable bonds is 3. The third-order valence-electron chi connectivity index (χ3n) is 3.69. The van der Waals surface area contributed by atoms with E-state index in [0.717, 1.165) is 18.5 Å². The monoisotopic (exact) mass is 350 g/mol. The molecule has 0 aliphatic heterocycles. The number of fused-ring (bicyclic) bond motifs is 1. The van der Waals surface area contributed by atoms with E-state index in [0.29, 0.717) is 0 Å². The minimum atomic E-state index is -3.54. The van der Waals surface area contributed by atoms with E-state index in [1.165, 1.54) is 25.3 Å². The molecule has 0 spiro atoms. The summed E-state index contributed by atoms with van der Waals surface area (Å²) in [7, 11) is -3.54. The third kappa shape index (κ3) is 2.58. The highest BCUT2D eigenvalue weighted by Crippen LogP contribution is 2.25. The Morgan fingerprint density at radius 3 is 2.62 bits per heavy atom. The Morgan fingerprint density at radius 1 is 1.25 bits per heavy atom. The van der Waals surface area contributed by atoms with Crippen molar-refractivity contribution in [1.29, 1.82) is 0 Å². The molecule has 0 aliphatic carbocycles. The van der Waals surface area contributed by atoms with E-state index >= 15 is 0 Å². The summed E-state index contributed by atoms with van der Waals surface area (Å²) < 4.78 is 51.4. The van der Waals surface area contributed by atoms with Gasteiger partial charge in [0.05, 0.1) is 10.5 Å². The first-order valence-corrected chi connectivity index (χ1v) is 8.76. The lowest BCUT2D eigenvalue weighted by Crippen LogP contribution is -2.08. The van der Waals surface area contributed by atoms with Gasteiger partial charge in [0.2, 0.25) is 5.78 Å². The number of nitrogens with zero attached hydrogens (tertiary/aromatic N) is 1. The lowest BCUT2D eigenvalue weighted by atomic mass is 10.0. The molecule has 3 rings (SSSR count). The van der Waals surface area contributed by atoms with E-state index in [1.54, 1.807) is 0 Å². The molecule has 0 radical (unpaired) electrons. The first kappa shape index (κ1) is 16.3. The molecule has 0 bridgehead atoms. The van der Waals surface area contributed by atoms with Crippen LogP contribution in [0.25, 0.3) is 11.0 Å². The second kappa shape index (κ2) is 5.48. The van der Waals surface area contributed by atoms with Crippen LogP contribution in [0, 0.1) is 18.6 Å². The van der Waals surface area contributed by atoms with Crippen molar-refractivity contribution in [2.24, 2.45) is 0 Å². The van der Waals surface area contributed by atoms with Crippen LogP contribution in [0.3, 0.4) is 0 Å². The maximum Gasteiger partial charge on any atom is 0.201 e. The van der Waals surface area contributed by atoms with Gasteiger partial charge in [0.1, 0.15) is 17.3 Å². The van der Waals surface area contributed by atoms with Gasteiger partial charge >= 0.3 is 0 Å². The Balaban J connectivity index is 2.24. The third-order valence-corrected chi connectivity index (χ3v) is 4.77. The normalized spacial score (nSPS) is 11.8. The van der Waals surface area contributed by atoms with Crippen LogP contribution in [0.1, 0.15) is 21.5 Å². The van der Waals surface area contributed by atoms with Crippen molar-refractivity contribution in [1.82, 2.24) is 9.97 Å². The molecule has 0 fully saturated rings. The molecule has 0 atom stereocenters. The first-order chi connectivity index (χ1) is 11.2. The van der Waals surface area contributed by atoms with Crippen LogP contribution in [0.5, 0.6) is 0 Å². The molecular weight excluding hydrogens is 338 g/mol. The molecule has 1 N–H and O–H groups in total. The Hall–Kier alpha value is -2.61. The van der Waals surface area contributed by atoms with Crippen LogP contribution in [-0.2, 0) is 9.84 Å². The van der Waals surface area contributed by atoms with Crippen molar-refractivity contribution in [2.75, 3.05) is 6.26 Å². The molecule has 0 saturated heterocycles. The fourth-order valence-corrected chi connectivity index (χ4v) is 2.95. The minimum Gasteiger partial charge on any atom is -0.345 e. The number of ketones is 1.